The molecule has 16 heavy (non-hydrogen) atoms. The molecule has 0 fully saturated rings. The van der Waals surface area contributed by atoms with Gasteiger partial charge in [0.1, 0.15) is 23.5 Å². The largest absolute Gasteiger partial charge is 0.485 e. The fraction of sp³-hybridized carbons (Fsp3) is 0.364. The van der Waals surface area contributed by atoms with Gasteiger partial charge < -0.3 is 9.47 Å². The van der Waals surface area contributed by atoms with Gasteiger partial charge >= 0.3 is 5.97 Å². The Labute approximate surface area is 103 Å². The molecule has 5 heteroatoms. The van der Waals surface area contributed by atoms with E-state index in [9.17, 15) is 4.79 Å². The average molecular weight is 261 g/mol. The van der Waals surface area contributed by atoms with E-state index < -0.39 is 0 Å². The second kappa shape index (κ2) is 4.52. The van der Waals surface area contributed by atoms with Gasteiger partial charge in [-0.2, -0.15) is 0 Å². The molecule has 3 nitrogen and oxygen atoms in total. The molecule has 1 aliphatic heterocycles. The molecule has 0 aliphatic carbocycles. The number of rotatable bonds is 2. The Bertz CT molecular complexity index is 431. The second-order valence-electron chi connectivity index (χ2n) is 3.60. The molecule has 1 aromatic rings. The molecule has 1 aliphatic rings. The first-order chi connectivity index (χ1) is 7.58. The van der Waals surface area contributed by atoms with Crippen molar-refractivity contribution in [2.75, 3.05) is 6.61 Å². The monoisotopic (exact) mass is 260 g/mol. The van der Waals surface area contributed by atoms with Crippen LogP contribution in [0.4, 0.5) is 0 Å². The van der Waals surface area contributed by atoms with Crippen molar-refractivity contribution in [3.8, 4) is 5.75 Å². The zero-order valence-corrected chi connectivity index (χ0v) is 10.1. The lowest BCUT2D eigenvalue weighted by Gasteiger charge is -2.10. The summed E-state index contributed by atoms with van der Waals surface area (Å²) < 4.78 is 10.5. The van der Waals surface area contributed by atoms with E-state index in [2.05, 4.69) is 0 Å². The van der Waals surface area contributed by atoms with Gasteiger partial charge in [-0.05, 0) is 11.6 Å². The van der Waals surface area contributed by atoms with Crippen LogP contribution < -0.4 is 4.74 Å². The van der Waals surface area contributed by atoms with E-state index in [1.807, 2.05) is 6.07 Å². The first-order valence-corrected chi connectivity index (χ1v) is 5.60. The predicted octanol–water partition coefficient (Wildman–Crippen LogP) is 2.86. The lowest BCUT2D eigenvalue weighted by atomic mass is 10.1. The normalized spacial score (nSPS) is 17.8. The Morgan fingerprint density at radius 3 is 3.00 bits per heavy atom. The van der Waals surface area contributed by atoms with Crippen molar-refractivity contribution in [3.05, 3.63) is 27.7 Å². The lowest BCUT2D eigenvalue weighted by molar-refractivity contribution is -0.143. The van der Waals surface area contributed by atoms with Crippen LogP contribution in [-0.4, -0.2) is 18.7 Å². The van der Waals surface area contributed by atoms with Crippen molar-refractivity contribution < 1.29 is 14.3 Å². The molecule has 0 bridgehead atoms. The SMILES string of the molecule is CC(=O)OCC1Cc2ccc(Cl)c(Cl)c2O1. The van der Waals surface area contributed by atoms with Crippen molar-refractivity contribution in [1.82, 2.24) is 0 Å². The maximum absolute atomic E-state index is 10.7. The van der Waals surface area contributed by atoms with Gasteiger partial charge in [-0.1, -0.05) is 29.3 Å². The summed E-state index contributed by atoms with van der Waals surface area (Å²) in [6.07, 6.45) is 0.509. The third-order valence-electron chi connectivity index (χ3n) is 2.34. The summed E-state index contributed by atoms with van der Waals surface area (Å²) in [5.41, 5.74) is 0.992. The van der Waals surface area contributed by atoms with Crippen LogP contribution in [0.5, 0.6) is 5.75 Å². The van der Waals surface area contributed by atoms with E-state index >= 15 is 0 Å². The van der Waals surface area contributed by atoms with Gasteiger partial charge in [0, 0.05) is 13.3 Å². The summed E-state index contributed by atoms with van der Waals surface area (Å²) in [6.45, 7) is 1.60. The summed E-state index contributed by atoms with van der Waals surface area (Å²) in [4.78, 5) is 10.7. The van der Waals surface area contributed by atoms with E-state index in [1.165, 1.54) is 6.92 Å². The van der Waals surface area contributed by atoms with E-state index in [1.54, 1.807) is 6.07 Å². The number of ether oxygens (including phenoxy) is 2. The van der Waals surface area contributed by atoms with Crippen molar-refractivity contribution in [2.24, 2.45) is 0 Å². The minimum absolute atomic E-state index is 0.171. The topological polar surface area (TPSA) is 35.5 Å². The molecule has 0 N–H and O–H groups in total. The van der Waals surface area contributed by atoms with Crippen LogP contribution in [-0.2, 0) is 16.0 Å². The lowest BCUT2D eigenvalue weighted by Crippen LogP contribution is -2.21. The number of benzene rings is 1. The number of fused-ring (bicyclic) bond motifs is 1. The van der Waals surface area contributed by atoms with Gasteiger partial charge in [0.15, 0.2) is 0 Å². The molecular formula is C11H10Cl2O3. The molecule has 86 valence electrons. The maximum Gasteiger partial charge on any atom is 0.302 e. The van der Waals surface area contributed by atoms with Gasteiger partial charge in [0.2, 0.25) is 0 Å². The van der Waals surface area contributed by atoms with Crippen LogP contribution in [0.1, 0.15) is 12.5 Å². The van der Waals surface area contributed by atoms with Crippen molar-refractivity contribution in [1.29, 1.82) is 0 Å². The number of hydrogen-bond acceptors (Lipinski definition) is 3. The quantitative estimate of drug-likeness (QED) is 0.768. The van der Waals surface area contributed by atoms with E-state index in [0.717, 1.165) is 5.56 Å². The average Bonchev–Trinajstić information content (AvgIpc) is 2.64. The van der Waals surface area contributed by atoms with E-state index in [4.69, 9.17) is 32.7 Å². The number of carbonyl (C=O) groups excluding carboxylic acids is 1. The van der Waals surface area contributed by atoms with E-state index in [-0.39, 0.29) is 18.7 Å². The molecule has 0 aromatic heterocycles. The highest BCUT2D eigenvalue weighted by Crippen LogP contribution is 2.40. The van der Waals surface area contributed by atoms with Crippen LogP contribution in [0, 0.1) is 0 Å². The first kappa shape index (κ1) is 11.6. The fourth-order valence-corrected chi connectivity index (χ4v) is 1.99. The summed E-state index contributed by atoms with van der Waals surface area (Å²) in [6, 6.07) is 3.61. The molecule has 0 saturated heterocycles. The smallest absolute Gasteiger partial charge is 0.302 e. The summed E-state index contributed by atoms with van der Waals surface area (Å²) in [5.74, 6) is 0.287. The van der Waals surface area contributed by atoms with Gasteiger partial charge in [0.05, 0.1) is 5.02 Å². The fourth-order valence-electron chi connectivity index (χ4n) is 1.62. The first-order valence-electron chi connectivity index (χ1n) is 4.85. The van der Waals surface area contributed by atoms with Crippen molar-refractivity contribution in [2.45, 2.75) is 19.4 Å². The van der Waals surface area contributed by atoms with Gasteiger partial charge in [-0.25, -0.2) is 0 Å². The number of carbonyl (C=O) groups is 1. The summed E-state index contributed by atoms with van der Waals surface area (Å²) >= 11 is 11.9. The minimum Gasteiger partial charge on any atom is -0.485 e. The Balaban J connectivity index is 2.09. The molecule has 1 atom stereocenters. The Morgan fingerprint density at radius 2 is 2.31 bits per heavy atom. The predicted molar refractivity (Wildman–Crippen MR) is 61.2 cm³/mol. The van der Waals surface area contributed by atoms with Crippen LogP contribution >= 0.6 is 23.2 Å². The van der Waals surface area contributed by atoms with Crippen LogP contribution in [0.3, 0.4) is 0 Å². The number of hydrogen-bond donors (Lipinski definition) is 0. The highest BCUT2D eigenvalue weighted by atomic mass is 35.5. The van der Waals surface area contributed by atoms with Crippen LogP contribution in [0.25, 0.3) is 0 Å². The number of halogens is 2. The van der Waals surface area contributed by atoms with Gasteiger partial charge in [-0.15, -0.1) is 0 Å². The zero-order valence-electron chi connectivity index (χ0n) is 8.63. The third-order valence-corrected chi connectivity index (χ3v) is 3.12. The highest BCUT2D eigenvalue weighted by molar-refractivity contribution is 6.43. The molecule has 0 saturated carbocycles. The molecule has 0 radical (unpaired) electrons. The van der Waals surface area contributed by atoms with Crippen LogP contribution in [0.15, 0.2) is 12.1 Å². The van der Waals surface area contributed by atoms with Crippen molar-refractivity contribution in [3.63, 3.8) is 0 Å². The van der Waals surface area contributed by atoms with Gasteiger partial charge in [-0.3, -0.25) is 4.79 Å². The molecule has 1 unspecified atom stereocenters. The van der Waals surface area contributed by atoms with E-state index in [0.29, 0.717) is 22.2 Å². The zero-order chi connectivity index (χ0) is 11.7. The minimum atomic E-state index is -0.316. The molecule has 1 aromatic carbocycles. The molecule has 0 spiro atoms. The molecule has 0 amide bonds. The number of esters is 1. The molecular weight excluding hydrogens is 251 g/mol. The Hall–Kier alpha value is -0.930. The Kier molecular flexibility index (Phi) is 3.26. The molecule has 1 heterocycles. The maximum atomic E-state index is 10.7. The Morgan fingerprint density at radius 1 is 1.56 bits per heavy atom. The van der Waals surface area contributed by atoms with Crippen molar-refractivity contribution >= 4 is 29.2 Å². The third kappa shape index (κ3) is 2.25. The molecule has 2 rings (SSSR count). The summed E-state index contributed by atoms with van der Waals surface area (Å²) in [7, 11) is 0. The van der Waals surface area contributed by atoms with Crippen LogP contribution in [0.2, 0.25) is 10.0 Å². The van der Waals surface area contributed by atoms with Gasteiger partial charge in [0.25, 0.3) is 0 Å². The highest BCUT2D eigenvalue weighted by Gasteiger charge is 2.26. The standard InChI is InChI=1S/C11H10Cl2O3/c1-6(14)15-5-8-4-7-2-3-9(12)10(13)11(7)16-8/h2-3,8H,4-5H2,1H3. The summed E-state index contributed by atoms with van der Waals surface area (Å²) in [5, 5.41) is 0.887. The second-order valence-corrected chi connectivity index (χ2v) is 4.38.